The average molecular weight is 269 g/mol. The molecule has 0 atom stereocenters. The standard InChI is InChI=1S/C11H12FN3S2/c1-7-14-11(17-15-7)16-10-4-8(6-13-2)3-9(12)5-10/h3-5,13H,6H2,1-2H3. The van der Waals surface area contributed by atoms with Crippen LogP contribution in [0.3, 0.4) is 0 Å². The molecule has 90 valence electrons. The molecule has 0 amide bonds. The summed E-state index contributed by atoms with van der Waals surface area (Å²) >= 11 is 2.77. The molecule has 6 heteroatoms. The van der Waals surface area contributed by atoms with Gasteiger partial charge in [0.05, 0.1) is 0 Å². The van der Waals surface area contributed by atoms with E-state index in [-0.39, 0.29) is 5.82 Å². The first-order valence-electron chi connectivity index (χ1n) is 5.09. The molecule has 1 N–H and O–H groups in total. The van der Waals surface area contributed by atoms with Crippen molar-refractivity contribution in [3.05, 3.63) is 35.4 Å². The Morgan fingerprint density at radius 2 is 2.24 bits per heavy atom. The number of hydrogen-bond acceptors (Lipinski definition) is 5. The molecule has 0 unspecified atom stereocenters. The molecule has 0 fully saturated rings. The van der Waals surface area contributed by atoms with Crippen LogP contribution in [0.5, 0.6) is 0 Å². The first-order chi connectivity index (χ1) is 8.17. The van der Waals surface area contributed by atoms with Gasteiger partial charge in [0.1, 0.15) is 11.6 Å². The topological polar surface area (TPSA) is 37.8 Å². The molecule has 1 aromatic heterocycles. The highest BCUT2D eigenvalue weighted by molar-refractivity contribution is 8.01. The molecule has 2 rings (SSSR count). The maximum absolute atomic E-state index is 13.4. The Labute approximate surface area is 108 Å². The lowest BCUT2D eigenvalue weighted by Crippen LogP contribution is -2.05. The second-order valence-electron chi connectivity index (χ2n) is 3.54. The highest BCUT2D eigenvalue weighted by Crippen LogP contribution is 2.30. The molecule has 3 nitrogen and oxygen atoms in total. The van der Waals surface area contributed by atoms with E-state index >= 15 is 0 Å². The molecule has 1 aromatic carbocycles. The summed E-state index contributed by atoms with van der Waals surface area (Å²) in [6, 6.07) is 5.01. The van der Waals surface area contributed by atoms with Gasteiger partial charge in [0.2, 0.25) is 0 Å². The summed E-state index contributed by atoms with van der Waals surface area (Å²) < 4.78 is 18.3. The third-order valence-corrected chi connectivity index (χ3v) is 3.84. The summed E-state index contributed by atoms with van der Waals surface area (Å²) in [4.78, 5) is 5.10. The van der Waals surface area contributed by atoms with Crippen LogP contribution in [0.4, 0.5) is 4.39 Å². The highest BCUT2D eigenvalue weighted by Gasteiger charge is 2.06. The fourth-order valence-electron chi connectivity index (χ4n) is 1.41. The zero-order valence-electron chi connectivity index (χ0n) is 9.53. The van der Waals surface area contributed by atoms with Gasteiger partial charge in [0.15, 0.2) is 4.34 Å². The number of hydrogen-bond donors (Lipinski definition) is 1. The minimum Gasteiger partial charge on any atom is -0.316 e. The highest BCUT2D eigenvalue weighted by atomic mass is 32.2. The van der Waals surface area contributed by atoms with Gasteiger partial charge < -0.3 is 5.32 Å². The van der Waals surface area contributed by atoms with Gasteiger partial charge in [0.25, 0.3) is 0 Å². The van der Waals surface area contributed by atoms with Gasteiger partial charge in [0, 0.05) is 11.4 Å². The smallest absolute Gasteiger partial charge is 0.174 e. The molecule has 0 radical (unpaired) electrons. The minimum absolute atomic E-state index is 0.221. The zero-order valence-corrected chi connectivity index (χ0v) is 11.2. The molecule has 1 heterocycles. The summed E-state index contributed by atoms with van der Waals surface area (Å²) in [7, 11) is 1.84. The Hall–Kier alpha value is -0.980. The molecule has 0 saturated carbocycles. The van der Waals surface area contributed by atoms with Crippen LogP contribution in [0.2, 0.25) is 0 Å². The first kappa shape index (κ1) is 12.5. The second-order valence-corrected chi connectivity index (χ2v) is 5.61. The number of nitrogens with zero attached hydrogens (tertiary/aromatic N) is 2. The third-order valence-electron chi connectivity index (χ3n) is 2.03. The quantitative estimate of drug-likeness (QED) is 0.926. The summed E-state index contributed by atoms with van der Waals surface area (Å²) in [6.07, 6.45) is 0. The van der Waals surface area contributed by atoms with Crippen molar-refractivity contribution in [3.8, 4) is 0 Å². The lowest BCUT2D eigenvalue weighted by Gasteiger charge is -2.03. The summed E-state index contributed by atoms with van der Waals surface area (Å²) in [6.45, 7) is 2.50. The number of benzene rings is 1. The van der Waals surface area contributed by atoms with E-state index in [1.165, 1.54) is 35.4 Å². The minimum atomic E-state index is -0.221. The van der Waals surface area contributed by atoms with Crippen molar-refractivity contribution in [2.75, 3.05) is 7.05 Å². The summed E-state index contributed by atoms with van der Waals surface area (Å²) in [5.74, 6) is 0.533. The van der Waals surface area contributed by atoms with E-state index in [0.29, 0.717) is 6.54 Å². The van der Waals surface area contributed by atoms with Crippen LogP contribution in [0.25, 0.3) is 0 Å². The monoisotopic (exact) mass is 269 g/mol. The van der Waals surface area contributed by atoms with Gasteiger partial charge in [-0.1, -0.05) is 11.8 Å². The van der Waals surface area contributed by atoms with Crippen molar-refractivity contribution >= 4 is 23.3 Å². The van der Waals surface area contributed by atoms with Crippen molar-refractivity contribution in [2.24, 2.45) is 0 Å². The molecule has 0 bridgehead atoms. The van der Waals surface area contributed by atoms with E-state index in [2.05, 4.69) is 14.7 Å². The molecule has 2 aromatic rings. The summed E-state index contributed by atoms with van der Waals surface area (Å²) in [5, 5.41) is 3.01. The van der Waals surface area contributed by atoms with Gasteiger partial charge in [-0.3, -0.25) is 0 Å². The van der Waals surface area contributed by atoms with E-state index in [0.717, 1.165) is 20.6 Å². The maximum Gasteiger partial charge on any atom is 0.174 e. The number of aromatic nitrogens is 2. The normalized spacial score (nSPS) is 10.8. The lowest BCUT2D eigenvalue weighted by atomic mass is 10.2. The Morgan fingerprint density at radius 1 is 1.41 bits per heavy atom. The van der Waals surface area contributed by atoms with E-state index in [4.69, 9.17) is 0 Å². The molecule has 0 aliphatic carbocycles. The summed E-state index contributed by atoms with van der Waals surface area (Å²) in [5.41, 5.74) is 0.927. The van der Waals surface area contributed by atoms with Crippen molar-refractivity contribution in [1.29, 1.82) is 0 Å². The van der Waals surface area contributed by atoms with Gasteiger partial charge >= 0.3 is 0 Å². The predicted octanol–water partition coefficient (Wildman–Crippen LogP) is 2.86. The maximum atomic E-state index is 13.4. The van der Waals surface area contributed by atoms with Gasteiger partial charge in [-0.25, -0.2) is 9.37 Å². The van der Waals surface area contributed by atoms with Crippen molar-refractivity contribution < 1.29 is 4.39 Å². The average Bonchev–Trinajstić information content (AvgIpc) is 2.63. The van der Waals surface area contributed by atoms with Crippen LogP contribution in [0.1, 0.15) is 11.4 Å². The Kier molecular flexibility index (Phi) is 4.09. The largest absolute Gasteiger partial charge is 0.316 e. The Morgan fingerprint density at radius 3 is 2.88 bits per heavy atom. The SMILES string of the molecule is CNCc1cc(F)cc(Sc2nc(C)ns2)c1. The third kappa shape index (κ3) is 3.49. The van der Waals surface area contributed by atoms with Crippen molar-refractivity contribution in [3.63, 3.8) is 0 Å². The Balaban J connectivity index is 2.20. The van der Waals surface area contributed by atoms with Gasteiger partial charge in [-0.15, -0.1) is 0 Å². The molecule has 17 heavy (non-hydrogen) atoms. The van der Waals surface area contributed by atoms with Crippen LogP contribution in [-0.2, 0) is 6.54 Å². The van der Waals surface area contributed by atoms with Gasteiger partial charge in [-0.2, -0.15) is 4.37 Å². The fraction of sp³-hybridized carbons (Fsp3) is 0.273. The number of rotatable bonds is 4. The number of nitrogens with one attached hydrogen (secondary N) is 1. The number of aryl methyl sites for hydroxylation is 1. The zero-order chi connectivity index (χ0) is 12.3. The van der Waals surface area contributed by atoms with Crippen molar-refractivity contribution in [1.82, 2.24) is 14.7 Å². The van der Waals surface area contributed by atoms with Crippen LogP contribution in [-0.4, -0.2) is 16.4 Å². The molecule has 0 saturated heterocycles. The van der Waals surface area contributed by atoms with Crippen LogP contribution in [0, 0.1) is 12.7 Å². The Bertz CT molecular complexity index is 513. The fourth-order valence-corrected chi connectivity index (χ4v) is 3.14. The van der Waals surface area contributed by atoms with Crippen LogP contribution in [0.15, 0.2) is 27.4 Å². The lowest BCUT2D eigenvalue weighted by molar-refractivity contribution is 0.619. The first-order valence-corrected chi connectivity index (χ1v) is 6.68. The van der Waals surface area contributed by atoms with Crippen molar-refractivity contribution in [2.45, 2.75) is 22.7 Å². The molecule has 0 aliphatic heterocycles. The van der Waals surface area contributed by atoms with E-state index in [9.17, 15) is 4.39 Å². The number of halogens is 1. The molecule has 0 aliphatic rings. The molecular formula is C11H12FN3S2. The molecule has 0 spiro atoms. The van der Waals surface area contributed by atoms with Gasteiger partial charge in [-0.05, 0) is 49.3 Å². The predicted molar refractivity (Wildman–Crippen MR) is 67.9 cm³/mol. The second kappa shape index (κ2) is 5.57. The van der Waals surface area contributed by atoms with E-state index < -0.39 is 0 Å². The van der Waals surface area contributed by atoms with Crippen LogP contribution < -0.4 is 5.32 Å². The van der Waals surface area contributed by atoms with E-state index in [1.54, 1.807) is 0 Å². The van der Waals surface area contributed by atoms with E-state index in [1.807, 2.05) is 20.0 Å². The molecular weight excluding hydrogens is 257 g/mol. The van der Waals surface area contributed by atoms with Crippen LogP contribution >= 0.6 is 23.3 Å².